The van der Waals surface area contributed by atoms with Crippen LogP contribution in [-0.2, 0) is 0 Å². The molecule has 0 aromatic carbocycles. The molecule has 0 spiro atoms. The zero-order chi connectivity index (χ0) is 17.6. The predicted octanol–water partition coefficient (Wildman–Crippen LogP) is 1.78. The second-order valence-electron chi connectivity index (χ2n) is 5.74. The van der Waals surface area contributed by atoms with E-state index in [1.165, 1.54) is 24.9 Å². The molecule has 1 fully saturated rings. The van der Waals surface area contributed by atoms with Gasteiger partial charge in [-0.2, -0.15) is 10.1 Å². The maximum Gasteiger partial charge on any atom is 0.356 e. The van der Waals surface area contributed by atoms with Gasteiger partial charge in [0, 0.05) is 11.8 Å². The number of carbonyl (C=O) groups is 1. The summed E-state index contributed by atoms with van der Waals surface area (Å²) < 4.78 is 11.8. The van der Waals surface area contributed by atoms with Gasteiger partial charge in [0.25, 0.3) is 0 Å². The van der Waals surface area contributed by atoms with Crippen LogP contribution in [0.3, 0.4) is 0 Å². The van der Waals surface area contributed by atoms with Crippen LogP contribution < -0.4 is 9.47 Å². The third-order valence-electron chi connectivity index (χ3n) is 4.07. The highest BCUT2D eigenvalue weighted by Gasteiger charge is 2.29. The molecular weight excluding hydrogens is 326 g/mol. The first-order valence-corrected chi connectivity index (χ1v) is 7.69. The minimum atomic E-state index is -1.08. The number of fused-ring (bicyclic) bond motifs is 1. The summed E-state index contributed by atoms with van der Waals surface area (Å²) in [6.45, 7) is 0. The molecule has 1 saturated carbocycles. The van der Waals surface area contributed by atoms with E-state index in [0.29, 0.717) is 28.7 Å². The zero-order valence-corrected chi connectivity index (χ0v) is 13.6. The number of hydrogen-bond donors (Lipinski definition) is 1. The van der Waals surface area contributed by atoms with Gasteiger partial charge in [-0.05, 0) is 24.8 Å². The molecule has 128 valence electrons. The van der Waals surface area contributed by atoms with Crippen LogP contribution in [0.25, 0.3) is 16.9 Å². The van der Waals surface area contributed by atoms with Crippen molar-refractivity contribution in [3.05, 3.63) is 29.7 Å². The van der Waals surface area contributed by atoms with E-state index in [0.717, 1.165) is 18.4 Å². The van der Waals surface area contributed by atoms with Gasteiger partial charge in [-0.25, -0.2) is 19.3 Å². The van der Waals surface area contributed by atoms with Crippen LogP contribution in [0, 0.1) is 0 Å². The van der Waals surface area contributed by atoms with Crippen molar-refractivity contribution in [2.45, 2.75) is 18.8 Å². The third-order valence-corrected chi connectivity index (χ3v) is 4.07. The van der Waals surface area contributed by atoms with Crippen LogP contribution >= 0.6 is 0 Å². The van der Waals surface area contributed by atoms with Crippen molar-refractivity contribution in [1.82, 2.24) is 24.6 Å². The molecular formula is C16H15N5O4. The van der Waals surface area contributed by atoms with E-state index >= 15 is 0 Å². The molecule has 9 nitrogen and oxygen atoms in total. The third kappa shape index (κ3) is 2.63. The van der Waals surface area contributed by atoms with Crippen molar-refractivity contribution >= 4 is 11.6 Å². The Kier molecular flexibility index (Phi) is 3.48. The Bertz CT molecular complexity index is 980. The highest BCUT2D eigenvalue weighted by Crippen LogP contribution is 2.43. The quantitative estimate of drug-likeness (QED) is 0.747. The zero-order valence-electron chi connectivity index (χ0n) is 13.6. The highest BCUT2D eigenvalue weighted by atomic mass is 16.5. The number of ether oxygens (including phenoxy) is 2. The summed E-state index contributed by atoms with van der Waals surface area (Å²) in [6, 6.07) is 2.10. The van der Waals surface area contributed by atoms with Crippen molar-refractivity contribution in [3.8, 4) is 23.1 Å². The van der Waals surface area contributed by atoms with Gasteiger partial charge in [0.2, 0.25) is 5.88 Å². The summed E-state index contributed by atoms with van der Waals surface area (Å²) in [7, 11) is 2.98. The lowest BCUT2D eigenvalue weighted by Crippen LogP contribution is -2.02. The Hall–Kier alpha value is -3.23. The number of aromatic carboxylic acids is 1. The molecule has 3 heterocycles. The van der Waals surface area contributed by atoms with E-state index in [4.69, 9.17) is 9.47 Å². The van der Waals surface area contributed by atoms with E-state index in [9.17, 15) is 9.90 Å². The van der Waals surface area contributed by atoms with Crippen molar-refractivity contribution in [2.75, 3.05) is 14.2 Å². The smallest absolute Gasteiger partial charge is 0.356 e. The van der Waals surface area contributed by atoms with Gasteiger partial charge in [-0.15, -0.1) is 0 Å². The lowest BCUT2D eigenvalue weighted by Gasteiger charge is -2.10. The van der Waals surface area contributed by atoms with Gasteiger partial charge in [0.05, 0.1) is 31.7 Å². The topological polar surface area (TPSA) is 112 Å². The number of carboxylic acids is 1. The Morgan fingerprint density at radius 3 is 2.72 bits per heavy atom. The first-order chi connectivity index (χ1) is 12.1. The number of methoxy groups -OCH3 is 2. The maximum absolute atomic E-state index is 11.2. The normalized spacial score (nSPS) is 13.8. The average Bonchev–Trinajstić information content (AvgIpc) is 3.38. The Morgan fingerprint density at radius 1 is 1.28 bits per heavy atom. The van der Waals surface area contributed by atoms with Crippen LogP contribution in [-0.4, -0.2) is 49.9 Å². The van der Waals surface area contributed by atoms with Crippen molar-refractivity contribution < 1.29 is 19.4 Å². The summed E-state index contributed by atoms with van der Waals surface area (Å²) in [6.07, 6.45) is 5.07. The van der Waals surface area contributed by atoms with Gasteiger partial charge in [-0.1, -0.05) is 0 Å². The van der Waals surface area contributed by atoms with Crippen LogP contribution in [0.15, 0.2) is 18.5 Å². The fraction of sp³-hybridized carbons (Fsp3) is 0.312. The first-order valence-electron chi connectivity index (χ1n) is 7.69. The number of carboxylic acid groups (broad SMARTS) is 1. The molecule has 25 heavy (non-hydrogen) atoms. The minimum Gasteiger partial charge on any atom is -0.480 e. The van der Waals surface area contributed by atoms with Crippen molar-refractivity contribution in [1.29, 1.82) is 0 Å². The molecule has 0 radical (unpaired) electrons. The standard InChI is InChI=1S/C16H15N5O4/c1-24-14-10(6-17-16(19-14)25-2)11-5-9(8-3-4-8)13-18-12(15(22)23)7-21(13)20-11/h5-8H,3-4H2,1-2H3,(H,22,23). The molecule has 0 atom stereocenters. The van der Waals surface area contributed by atoms with Crippen LogP contribution in [0.2, 0.25) is 0 Å². The molecule has 3 aromatic rings. The number of imidazole rings is 1. The summed E-state index contributed by atoms with van der Waals surface area (Å²) in [5, 5.41) is 13.7. The van der Waals surface area contributed by atoms with E-state index in [1.807, 2.05) is 6.07 Å². The number of rotatable bonds is 5. The number of hydrogen-bond acceptors (Lipinski definition) is 7. The predicted molar refractivity (Wildman–Crippen MR) is 86.1 cm³/mol. The average molecular weight is 341 g/mol. The highest BCUT2D eigenvalue weighted by molar-refractivity contribution is 5.86. The molecule has 3 aromatic heterocycles. The monoisotopic (exact) mass is 341 g/mol. The van der Waals surface area contributed by atoms with Gasteiger partial charge < -0.3 is 14.6 Å². The lowest BCUT2D eigenvalue weighted by molar-refractivity contribution is 0.0691. The van der Waals surface area contributed by atoms with E-state index in [2.05, 4.69) is 20.1 Å². The molecule has 1 aliphatic rings. The van der Waals surface area contributed by atoms with Crippen molar-refractivity contribution in [3.63, 3.8) is 0 Å². The molecule has 0 saturated heterocycles. The first kappa shape index (κ1) is 15.3. The van der Waals surface area contributed by atoms with E-state index < -0.39 is 5.97 Å². The molecule has 4 rings (SSSR count). The SMILES string of the molecule is COc1ncc(-c2cc(C3CC3)c3nc(C(=O)O)cn3n2)c(OC)n1. The summed E-state index contributed by atoms with van der Waals surface area (Å²) in [5.74, 6) is -0.392. The van der Waals surface area contributed by atoms with E-state index in [-0.39, 0.29) is 11.7 Å². The van der Waals surface area contributed by atoms with Gasteiger partial charge in [0.1, 0.15) is 0 Å². The Labute approximate surface area is 142 Å². The van der Waals surface area contributed by atoms with Gasteiger partial charge in [-0.3, -0.25) is 0 Å². The van der Waals surface area contributed by atoms with Crippen LogP contribution in [0.4, 0.5) is 0 Å². The fourth-order valence-electron chi connectivity index (χ4n) is 2.71. The number of nitrogens with zero attached hydrogens (tertiary/aromatic N) is 5. The van der Waals surface area contributed by atoms with Crippen LogP contribution in [0.1, 0.15) is 34.8 Å². The maximum atomic E-state index is 11.2. The molecule has 0 aliphatic heterocycles. The van der Waals surface area contributed by atoms with Gasteiger partial charge >= 0.3 is 12.0 Å². The second-order valence-corrected chi connectivity index (χ2v) is 5.74. The molecule has 0 amide bonds. The molecule has 9 heteroatoms. The Morgan fingerprint density at radius 2 is 2.08 bits per heavy atom. The summed E-state index contributed by atoms with van der Waals surface area (Å²) >= 11 is 0. The molecule has 0 bridgehead atoms. The lowest BCUT2D eigenvalue weighted by atomic mass is 10.1. The summed E-state index contributed by atoms with van der Waals surface area (Å²) in [5.41, 5.74) is 2.68. The van der Waals surface area contributed by atoms with Crippen LogP contribution in [0.5, 0.6) is 11.9 Å². The molecule has 1 aliphatic carbocycles. The van der Waals surface area contributed by atoms with E-state index in [1.54, 1.807) is 6.20 Å². The fourth-order valence-corrected chi connectivity index (χ4v) is 2.71. The minimum absolute atomic E-state index is 0.0375. The summed E-state index contributed by atoms with van der Waals surface area (Å²) in [4.78, 5) is 23.7. The second kappa shape index (κ2) is 5.69. The van der Waals surface area contributed by atoms with Crippen molar-refractivity contribution in [2.24, 2.45) is 0 Å². The largest absolute Gasteiger partial charge is 0.480 e. The molecule has 1 N–H and O–H groups in total. The Balaban J connectivity index is 1.92. The molecule has 0 unspecified atom stereocenters. The van der Waals surface area contributed by atoms with Gasteiger partial charge in [0.15, 0.2) is 11.3 Å². The number of aromatic nitrogens is 5.